The van der Waals surface area contributed by atoms with Crippen LogP contribution in [0.15, 0.2) is 30.3 Å². The van der Waals surface area contributed by atoms with E-state index in [2.05, 4.69) is 5.32 Å². The quantitative estimate of drug-likeness (QED) is 0.898. The summed E-state index contributed by atoms with van der Waals surface area (Å²) in [6.07, 6.45) is 0. The van der Waals surface area contributed by atoms with E-state index in [0.29, 0.717) is 26.3 Å². The van der Waals surface area contributed by atoms with E-state index in [9.17, 15) is 9.59 Å². The molecule has 21 heavy (non-hydrogen) atoms. The number of nitrogens with zero attached hydrogens (tertiary/aromatic N) is 2. The van der Waals surface area contributed by atoms with Crippen molar-refractivity contribution < 1.29 is 14.3 Å². The van der Waals surface area contributed by atoms with Gasteiger partial charge in [0.15, 0.2) is 0 Å². The molecule has 1 aromatic rings. The van der Waals surface area contributed by atoms with Crippen LogP contribution in [0.5, 0.6) is 0 Å². The van der Waals surface area contributed by atoms with E-state index in [4.69, 9.17) is 4.74 Å². The average Bonchev–Trinajstić information content (AvgIpc) is 2.53. The van der Waals surface area contributed by atoms with Gasteiger partial charge in [0.2, 0.25) is 5.91 Å². The fourth-order valence-corrected chi connectivity index (χ4v) is 2.15. The first-order chi connectivity index (χ1) is 10.1. The predicted molar refractivity (Wildman–Crippen MR) is 78.8 cm³/mol. The van der Waals surface area contributed by atoms with Crippen molar-refractivity contribution in [1.29, 1.82) is 0 Å². The molecule has 1 saturated heterocycles. The lowest BCUT2D eigenvalue weighted by molar-refractivity contribution is -0.137. The molecule has 6 heteroatoms. The van der Waals surface area contributed by atoms with Gasteiger partial charge in [-0.15, -0.1) is 0 Å². The standard InChI is InChI=1S/C15H21N3O3/c1-17(2)15(20)16-13(12-6-4-3-5-7-12)14(19)18-8-10-21-11-9-18/h3-7,13H,8-11H2,1-2H3,(H,16,20)/t13-/m0/s1. The van der Waals surface area contributed by atoms with Gasteiger partial charge >= 0.3 is 6.03 Å². The van der Waals surface area contributed by atoms with Gasteiger partial charge in [-0.05, 0) is 5.56 Å². The fraction of sp³-hybridized carbons (Fsp3) is 0.467. The van der Waals surface area contributed by atoms with Gasteiger partial charge in [-0.25, -0.2) is 4.79 Å². The molecular weight excluding hydrogens is 270 g/mol. The van der Waals surface area contributed by atoms with E-state index >= 15 is 0 Å². The van der Waals surface area contributed by atoms with Crippen LogP contribution >= 0.6 is 0 Å². The van der Waals surface area contributed by atoms with Crippen LogP contribution < -0.4 is 5.32 Å². The number of carbonyl (C=O) groups is 2. The monoisotopic (exact) mass is 291 g/mol. The van der Waals surface area contributed by atoms with E-state index in [1.54, 1.807) is 19.0 Å². The van der Waals surface area contributed by atoms with Crippen LogP contribution in [0.4, 0.5) is 4.79 Å². The van der Waals surface area contributed by atoms with Gasteiger partial charge in [-0.2, -0.15) is 0 Å². The number of morpholine rings is 1. The lowest BCUT2D eigenvalue weighted by Crippen LogP contribution is -2.49. The summed E-state index contributed by atoms with van der Waals surface area (Å²) >= 11 is 0. The van der Waals surface area contributed by atoms with Crippen LogP contribution in [0, 0.1) is 0 Å². The summed E-state index contributed by atoms with van der Waals surface area (Å²) in [6.45, 7) is 2.18. The molecule has 1 aliphatic rings. The Bertz CT molecular complexity index is 484. The minimum absolute atomic E-state index is 0.0975. The molecule has 0 unspecified atom stereocenters. The first-order valence-electron chi connectivity index (χ1n) is 6.99. The van der Waals surface area contributed by atoms with Crippen LogP contribution in [0.25, 0.3) is 0 Å². The zero-order chi connectivity index (χ0) is 15.2. The Balaban J connectivity index is 2.18. The van der Waals surface area contributed by atoms with Gasteiger partial charge in [0, 0.05) is 27.2 Å². The Hall–Kier alpha value is -2.08. The summed E-state index contributed by atoms with van der Waals surface area (Å²) in [6, 6.07) is 8.34. The Morgan fingerprint density at radius 1 is 1.19 bits per heavy atom. The highest BCUT2D eigenvalue weighted by Gasteiger charge is 2.28. The van der Waals surface area contributed by atoms with Crippen molar-refractivity contribution in [2.75, 3.05) is 40.4 Å². The number of carbonyl (C=O) groups excluding carboxylic acids is 2. The number of amides is 3. The van der Waals surface area contributed by atoms with Crippen molar-refractivity contribution in [2.24, 2.45) is 0 Å². The van der Waals surface area contributed by atoms with Crippen molar-refractivity contribution in [2.45, 2.75) is 6.04 Å². The molecule has 1 N–H and O–H groups in total. The molecule has 114 valence electrons. The van der Waals surface area contributed by atoms with Crippen molar-refractivity contribution in [1.82, 2.24) is 15.1 Å². The molecule has 3 amide bonds. The van der Waals surface area contributed by atoms with Crippen LogP contribution in [-0.4, -0.2) is 62.1 Å². The first kappa shape index (κ1) is 15.3. The summed E-state index contributed by atoms with van der Waals surface area (Å²) in [5.41, 5.74) is 0.782. The highest BCUT2D eigenvalue weighted by molar-refractivity contribution is 5.88. The second-order valence-corrected chi connectivity index (χ2v) is 5.13. The maximum absolute atomic E-state index is 12.7. The summed E-state index contributed by atoms with van der Waals surface area (Å²) in [7, 11) is 3.30. The van der Waals surface area contributed by atoms with Crippen LogP contribution in [0.2, 0.25) is 0 Å². The Labute approximate surface area is 124 Å². The summed E-state index contributed by atoms with van der Waals surface area (Å²) < 4.78 is 5.27. The molecule has 0 aromatic heterocycles. The van der Waals surface area contributed by atoms with Gasteiger partial charge in [0.25, 0.3) is 0 Å². The summed E-state index contributed by atoms with van der Waals surface area (Å²) in [5.74, 6) is -0.0975. The molecule has 1 aliphatic heterocycles. The molecule has 1 atom stereocenters. The molecular formula is C15H21N3O3. The lowest BCUT2D eigenvalue weighted by atomic mass is 10.1. The highest BCUT2D eigenvalue weighted by atomic mass is 16.5. The Kier molecular flexibility index (Phi) is 5.16. The number of urea groups is 1. The van der Waals surface area contributed by atoms with Crippen molar-refractivity contribution >= 4 is 11.9 Å². The van der Waals surface area contributed by atoms with Crippen molar-refractivity contribution in [3.63, 3.8) is 0 Å². The topological polar surface area (TPSA) is 61.9 Å². The SMILES string of the molecule is CN(C)C(=O)N[C@H](C(=O)N1CCOCC1)c1ccccc1. The van der Waals surface area contributed by atoms with E-state index in [0.717, 1.165) is 5.56 Å². The van der Waals surface area contributed by atoms with E-state index in [-0.39, 0.29) is 11.9 Å². The number of hydrogen-bond donors (Lipinski definition) is 1. The molecule has 2 rings (SSSR count). The minimum atomic E-state index is -0.667. The van der Waals surface area contributed by atoms with Gasteiger partial charge < -0.3 is 19.9 Å². The van der Waals surface area contributed by atoms with Gasteiger partial charge in [0.05, 0.1) is 13.2 Å². The summed E-state index contributed by atoms with van der Waals surface area (Å²) in [5, 5.41) is 2.78. The van der Waals surface area contributed by atoms with E-state index in [1.165, 1.54) is 4.90 Å². The van der Waals surface area contributed by atoms with Gasteiger partial charge in [-0.3, -0.25) is 4.79 Å². The van der Waals surface area contributed by atoms with Crippen LogP contribution in [0.3, 0.4) is 0 Å². The predicted octanol–water partition coefficient (Wildman–Crippen LogP) is 0.858. The smallest absolute Gasteiger partial charge is 0.317 e. The average molecular weight is 291 g/mol. The second kappa shape index (κ2) is 7.08. The molecule has 0 bridgehead atoms. The van der Waals surface area contributed by atoms with E-state index < -0.39 is 6.04 Å². The zero-order valence-electron chi connectivity index (χ0n) is 12.4. The third-order valence-corrected chi connectivity index (χ3v) is 3.38. The number of hydrogen-bond acceptors (Lipinski definition) is 3. The maximum Gasteiger partial charge on any atom is 0.317 e. The van der Waals surface area contributed by atoms with Crippen molar-refractivity contribution in [3.05, 3.63) is 35.9 Å². The first-order valence-corrected chi connectivity index (χ1v) is 6.99. The lowest BCUT2D eigenvalue weighted by Gasteiger charge is -2.31. The Morgan fingerprint density at radius 2 is 1.81 bits per heavy atom. The van der Waals surface area contributed by atoms with Gasteiger partial charge in [0.1, 0.15) is 6.04 Å². The number of nitrogens with one attached hydrogen (secondary N) is 1. The molecule has 1 heterocycles. The molecule has 0 aliphatic carbocycles. The molecule has 0 radical (unpaired) electrons. The normalized spacial score (nSPS) is 16.2. The Morgan fingerprint density at radius 3 is 2.38 bits per heavy atom. The van der Waals surface area contributed by atoms with Crippen LogP contribution in [-0.2, 0) is 9.53 Å². The largest absolute Gasteiger partial charge is 0.378 e. The highest BCUT2D eigenvalue weighted by Crippen LogP contribution is 2.17. The molecule has 1 fully saturated rings. The zero-order valence-corrected chi connectivity index (χ0v) is 12.4. The number of benzene rings is 1. The van der Waals surface area contributed by atoms with Gasteiger partial charge in [-0.1, -0.05) is 30.3 Å². The molecule has 0 spiro atoms. The van der Waals surface area contributed by atoms with E-state index in [1.807, 2.05) is 30.3 Å². The van der Waals surface area contributed by atoms with Crippen molar-refractivity contribution in [3.8, 4) is 0 Å². The fourth-order valence-electron chi connectivity index (χ4n) is 2.15. The number of ether oxygens (including phenoxy) is 1. The molecule has 0 saturated carbocycles. The third kappa shape index (κ3) is 3.95. The third-order valence-electron chi connectivity index (χ3n) is 3.38. The molecule has 6 nitrogen and oxygen atoms in total. The summed E-state index contributed by atoms with van der Waals surface area (Å²) in [4.78, 5) is 27.8. The maximum atomic E-state index is 12.7. The molecule has 1 aromatic carbocycles. The second-order valence-electron chi connectivity index (χ2n) is 5.13. The number of rotatable bonds is 3. The minimum Gasteiger partial charge on any atom is -0.378 e. The van der Waals surface area contributed by atoms with Crippen LogP contribution in [0.1, 0.15) is 11.6 Å².